The number of halogens is 7. The summed E-state index contributed by atoms with van der Waals surface area (Å²) < 4.78 is 93.4. The van der Waals surface area contributed by atoms with Crippen LogP contribution >= 0.6 is 0 Å². The van der Waals surface area contributed by atoms with Gasteiger partial charge in [-0.3, -0.25) is 4.79 Å². The molecule has 0 aliphatic carbocycles. The van der Waals surface area contributed by atoms with Crippen LogP contribution in [0.1, 0.15) is 48.4 Å². The third kappa shape index (κ3) is 5.37. The first-order valence-electron chi connectivity index (χ1n) is 10.7. The largest absolute Gasteiger partial charge is 0.416 e. The quantitative estimate of drug-likeness (QED) is 0.554. The number of carbonyl (C=O) groups excluding carboxylic acids is 1. The highest BCUT2D eigenvalue weighted by Crippen LogP contribution is 2.40. The van der Waals surface area contributed by atoms with E-state index in [2.05, 4.69) is 5.32 Å². The third-order valence-electron chi connectivity index (χ3n) is 6.41. The standard InChI is InChI=1S/C24H25F7N2O/c1-22(2,15-10-16(23(26,27)28)12-17(11-15)24(29,30)31)21(34)33(3)20-8-9-32-13-19(20)14-4-6-18(25)7-5-14/h4-7,10-12,19-20,32H,8-9,13H2,1-3H3/t19-,20+/m0/s1. The Morgan fingerprint density at radius 2 is 1.41 bits per heavy atom. The Kier molecular flexibility index (Phi) is 7.04. The van der Waals surface area contributed by atoms with Crippen LogP contribution in [0.4, 0.5) is 30.7 Å². The number of amides is 1. The predicted octanol–water partition coefficient (Wildman–Crippen LogP) is 5.75. The molecule has 1 amide bonds. The molecular weight excluding hydrogens is 465 g/mol. The third-order valence-corrected chi connectivity index (χ3v) is 6.41. The number of alkyl halides is 6. The maximum absolute atomic E-state index is 13.5. The van der Waals surface area contributed by atoms with Gasteiger partial charge in [-0.1, -0.05) is 12.1 Å². The van der Waals surface area contributed by atoms with Crippen molar-refractivity contribution in [1.82, 2.24) is 10.2 Å². The van der Waals surface area contributed by atoms with E-state index in [0.717, 1.165) is 5.56 Å². The average Bonchev–Trinajstić information content (AvgIpc) is 2.77. The SMILES string of the molecule is CN(C(=O)C(C)(C)c1cc(C(F)(F)F)cc(C(F)(F)F)c1)[C@@H]1CCNC[C@H]1c1ccc(F)cc1. The van der Waals surface area contributed by atoms with E-state index in [0.29, 0.717) is 31.6 Å². The van der Waals surface area contributed by atoms with Gasteiger partial charge < -0.3 is 10.2 Å². The molecule has 1 aliphatic rings. The Balaban J connectivity index is 1.98. The summed E-state index contributed by atoms with van der Waals surface area (Å²) in [5.74, 6) is -1.26. The highest BCUT2D eigenvalue weighted by molar-refractivity contribution is 5.87. The second-order valence-electron chi connectivity index (χ2n) is 9.05. The first-order valence-corrected chi connectivity index (χ1v) is 10.7. The fourth-order valence-corrected chi connectivity index (χ4v) is 4.39. The number of benzene rings is 2. The number of hydrogen-bond donors (Lipinski definition) is 1. The Bertz CT molecular complexity index is 997. The monoisotopic (exact) mass is 490 g/mol. The molecule has 1 saturated heterocycles. The number of nitrogens with one attached hydrogen (secondary N) is 1. The Morgan fingerprint density at radius 3 is 1.91 bits per heavy atom. The molecule has 0 aromatic heterocycles. The molecule has 1 aliphatic heterocycles. The molecule has 186 valence electrons. The molecule has 0 bridgehead atoms. The lowest BCUT2D eigenvalue weighted by Gasteiger charge is -2.42. The number of piperidine rings is 1. The van der Waals surface area contributed by atoms with E-state index < -0.39 is 40.6 Å². The maximum Gasteiger partial charge on any atom is 0.416 e. The summed E-state index contributed by atoms with van der Waals surface area (Å²) in [5.41, 5.74) is -4.21. The van der Waals surface area contributed by atoms with E-state index in [4.69, 9.17) is 0 Å². The van der Waals surface area contributed by atoms with Crippen molar-refractivity contribution in [3.8, 4) is 0 Å². The van der Waals surface area contributed by atoms with Crippen molar-refractivity contribution in [1.29, 1.82) is 0 Å². The van der Waals surface area contributed by atoms with Gasteiger partial charge in [-0.15, -0.1) is 0 Å². The Morgan fingerprint density at radius 1 is 0.912 bits per heavy atom. The van der Waals surface area contributed by atoms with Gasteiger partial charge in [0.2, 0.25) is 5.91 Å². The molecule has 2 aromatic rings. The van der Waals surface area contributed by atoms with E-state index in [9.17, 15) is 35.5 Å². The van der Waals surface area contributed by atoms with Crippen LogP contribution in [0.2, 0.25) is 0 Å². The molecule has 2 atom stereocenters. The van der Waals surface area contributed by atoms with Gasteiger partial charge in [-0.2, -0.15) is 26.3 Å². The smallest absolute Gasteiger partial charge is 0.341 e. The zero-order valence-electron chi connectivity index (χ0n) is 18.8. The Hall–Kier alpha value is -2.62. The molecule has 0 saturated carbocycles. The van der Waals surface area contributed by atoms with Gasteiger partial charge in [0.05, 0.1) is 16.5 Å². The normalized spacial score (nSPS) is 19.7. The molecule has 1 fully saturated rings. The van der Waals surface area contributed by atoms with Gasteiger partial charge >= 0.3 is 12.4 Å². The zero-order valence-corrected chi connectivity index (χ0v) is 18.8. The molecule has 0 unspecified atom stereocenters. The fraction of sp³-hybridized carbons (Fsp3) is 0.458. The number of rotatable bonds is 4. The Labute approximate surface area is 192 Å². The van der Waals surface area contributed by atoms with E-state index in [-0.39, 0.29) is 23.6 Å². The van der Waals surface area contributed by atoms with Gasteiger partial charge in [-0.25, -0.2) is 4.39 Å². The van der Waals surface area contributed by atoms with Crippen LogP contribution in [0.3, 0.4) is 0 Å². The summed E-state index contributed by atoms with van der Waals surface area (Å²) in [6, 6.07) is 6.67. The van der Waals surface area contributed by atoms with E-state index in [1.54, 1.807) is 12.1 Å². The zero-order chi connectivity index (χ0) is 25.5. The van der Waals surface area contributed by atoms with Crippen molar-refractivity contribution >= 4 is 5.91 Å². The summed E-state index contributed by atoms with van der Waals surface area (Å²) in [4.78, 5) is 14.9. The molecule has 3 nitrogen and oxygen atoms in total. The lowest BCUT2D eigenvalue weighted by Crippen LogP contribution is -2.53. The first-order chi connectivity index (χ1) is 15.6. The van der Waals surface area contributed by atoms with Gasteiger partial charge in [-0.05, 0) is 68.3 Å². The second-order valence-corrected chi connectivity index (χ2v) is 9.05. The molecular formula is C24H25F7N2O. The minimum absolute atomic E-state index is 0.0468. The number of hydrogen-bond acceptors (Lipinski definition) is 2. The topological polar surface area (TPSA) is 32.3 Å². The number of nitrogens with zero attached hydrogens (tertiary/aromatic N) is 1. The van der Waals surface area contributed by atoms with Crippen LogP contribution in [0.5, 0.6) is 0 Å². The van der Waals surface area contributed by atoms with Crippen molar-refractivity contribution in [2.75, 3.05) is 20.1 Å². The van der Waals surface area contributed by atoms with Crippen LogP contribution in [-0.4, -0.2) is 37.0 Å². The molecule has 1 N–H and O–H groups in total. The number of carbonyl (C=O) groups is 1. The second kappa shape index (κ2) is 9.20. The van der Waals surface area contributed by atoms with E-state index in [1.165, 1.54) is 37.9 Å². The van der Waals surface area contributed by atoms with Crippen LogP contribution in [0.25, 0.3) is 0 Å². The molecule has 34 heavy (non-hydrogen) atoms. The van der Waals surface area contributed by atoms with E-state index >= 15 is 0 Å². The predicted molar refractivity (Wildman–Crippen MR) is 113 cm³/mol. The van der Waals surface area contributed by atoms with Gasteiger partial charge in [0.1, 0.15) is 5.82 Å². The lowest BCUT2D eigenvalue weighted by atomic mass is 9.79. The van der Waals surface area contributed by atoms with Gasteiger partial charge in [0.15, 0.2) is 0 Å². The summed E-state index contributed by atoms with van der Waals surface area (Å²) in [6.07, 6.45) is -9.51. The van der Waals surface area contributed by atoms with Gasteiger partial charge in [0, 0.05) is 25.6 Å². The van der Waals surface area contributed by atoms with Crippen molar-refractivity contribution < 1.29 is 35.5 Å². The van der Waals surface area contributed by atoms with Crippen molar-refractivity contribution in [3.05, 3.63) is 70.5 Å². The van der Waals surface area contributed by atoms with Crippen LogP contribution in [0, 0.1) is 5.82 Å². The van der Waals surface area contributed by atoms with Crippen molar-refractivity contribution in [2.24, 2.45) is 0 Å². The van der Waals surface area contributed by atoms with Crippen LogP contribution < -0.4 is 5.32 Å². The highest BCUT2D eigenvalue weighted by Gasteiger charge is 2.42. The summed E-state index contributed by atoms with van der Waals surface area (Å²) in [6.45, 7) is 3.68. The highest BCUT2D eigenvalue weighted by atomic mass is 19.4. The van der Waals surface area contributed by atoms with E-state index in [1.807, 2.05) is 0 Å². The minimum atomic E-state index is -5.01. The van der Waals surface area contributed by atoms with Crippen molar-refractivity contribution in [3.63, 3.8) is 0 Å². The van der Waals surface area contributed by atoms with Crippen molar-refractivity contribution in [2.45, 2.75) is 50.0 Å². The summed E-state index contributed by atoms with van der Waals surface area (Å²) >= 11 is 0. The summed E-state index contributed by atoms with van der Waals surface area (Å²) in [5, 5.41) is 3.21. The fourth-order valence-electron chi connectivity index (χ4n) is 4.39. The summed E-state index contributed by atoms with van der Waals surface area (Å²) in [7, 11) is 1.49. The number of likely N-dealkylation sites (N-methyl/N-ethyl adjacent to an activating group) is 1. The molecule has 2 aromatic carbocycles. The molecule has 10 heteroatoms. The molecule has 0 spiro atoms. The molecule has 1 heterocycles. The minimum Gasteiger partial charge on any atom is -0.341 e. The van der Waals surface area contributed by atoms with Gasteiger partial charge in [0.25, 0.3) is 0 Å². The first kappa shape index (κ1) is 26.0. The van der Waals surface area contributed by atoms with Crippen LogP contribution in [0.15, 0.2) is 42.5 Å². The maximum atomic E-state index is 13.5. The lowest BCUT2D eigenvalue weighted by molar-refractivity contribution is -0.144. The molecule has 0 radical (unpaired) electrons. The molecule has 3 rings (SSSR count). The van der Waals surface area contributed by atoms with Crippen LogP contribution in [-0.2, 0) is 22.6 Å². The average molecular weight is 490 g/mol.